The van der Waals surface area contributed by atoms with E-state index in [0.29, 0.717) is 25.0 Å². The second-order valence-corrected chi connectivity index (χ2v) is 8.89. The largest absolute Gasteiger partial charge is 0.476 e. The van der Waals surface area contributed by atoms with Crippen LogP contribution in [0.2, 0.25) is 0 Å². The quantitative estimate of drug-likeness (QED) is 0.419. The lowest BCUT2D eigenvalue weighted by Crippen LogP contribution is -2.33. The molecule has 0 aliphatic heterocycles. The second kappa shape index (κ2) is 8.64. The summed E-state index contributed by atoms with van der Waals surface area (Å²) in [5.41, 5.74) is 2.27. The van der Waals surface area contributed by atoms with Crippen LogP contribution >= 0.6 is 11.3 Å². The SMILES string of the molecule is Cc1cc(Nc2nccc(OCCn3ccnn3)n2)cc(-c2cnc(C3(O)CCC3)s2)c1. The average molecular weight is 450 g/mol. The number of thiazole rings is 1. The van der Waals surface area contributed by atoms with Crippen molar-refractivity contribution in [3.8, 4) is 16.3 Å². The summed E-state index contributed by atoms with van der Waals surface area (Å²) < 4.78 is 7.41. The normalized spacial score (nSPS) is 14.7. The first-order valence-corrected chi connectivity index (χ1v) is 11.3. The lowest BCUT2D eigenvalue weighted by Gasteiger charge is -2.34. The minimum absolute atomic E-state index is 0.425. The fourth-order valence-corrected chi connectivity index (χ4v) is 4.60. The first kappa shape index (κ1) is 20.5. The third kappa shape index (κ3) is 4.46. The van der Waals surface area contributed by atoms with Gasteiger partial charge < -0.3 is 15.2 Å². The zero-order chi connectivity index (χ0) is 22.0. The Morgan fingerprint density at radius 2 is 2.12 bits per heavy atom. The zero-order valence-electron chi connectivity index (χ0n) is 17.6. The molecule has 3 heterocycles. The van der Waals surface area contributed by atoms with E-state index in [2.05, 4.69) is 36.6 Å². The third-order valence-electron chi connectivity index (χ3n) is 5.37. The molecule has 0 bridgehead atoms. The van der Waals surface area contributed by atoms with Crippen molar-refractivity contribution in [2.45, 2.75) is 38.3 Å². The van der Waals surface area contributed by atoms with Crippen molar-refractivity contribution in [2.75, 3.05) is 11.9 Å². The highest BCUT2D eigenvalue weighted by Crippen LogP contribution is 2.44. The summed E-state index contributed by atoms with van der Waals surface area (Å²) in [6.07, 6.45) is 9.54. The van der Waals surface area contributed by atoms with Crippen LogP contribution in [0.1, 0.15) is 29.8 Å². The Labute approximate surface area is 189 Å². The van der Waals surface area contributed by atoms with Crippen molar-refractivity contribution < 1.29 is 9.84 Å². The molecule has 0 amide bonds. The first-order valence-electron chi connectivity index (χ1n) is 10.5. The van der Waals surface area contributed by atoms with Crippen LogP contribution in [0.4, 0.5) is 11.6 Å². The van der Waals surface area contributed by atoms with E-state index in [1.807, 2.05) is 25.3 Å². The summed E-state index contributed by atoms with van der Waals surface area (Å²) in [7, 11) is 0. The van der Waals surface area contributed by atoms with Crippen molar-refractivity contribution in [3.63, 3.8) is 0 Å². The fraction of sp³-hybridized carbons (Fsp3) is 0.318. The van der Waals surface area contributed by atoms with Crippen LogP contribution in [0.25, 0.3) is 10.4 Å². The molecule has 2 N–H and O–H groups in total. The van der Waals surface area contributed by atoms with Gasteiger partial charge in [-0.05, 0) is 49.4 Å². The van der Waals surface area contributed by atoms with Gasteiger partial charge in [0, 0.05) is 30.3 Å². The molecule has 9 nitrogen and oxygen atoms in total. The van der Waals surface area contributed by atoms with E-state index in [-0.39, 0.29) is 0 Å². The van der Waals surface area contributed by atoms with E-state index in [4.69, 9.17) is 4.74 Å². The van der Waals surface area contributed by atoms with Gasteiger partial charge >= 0.3 is 0 Å². The number of ether oxygens (including phenoxy) is 1. The molecule has 32 heavy (non-hydrogen) atoms. The molecule has 5 rings (SSSR count). The molecule has 0 spiro atoms. The van der Waals surface area contributed by atoms with Gasteiger partial charge in [-0.25, -0.2) is 14.6 Å². The Bertz CT molecular complexity index is 1200. The molecule has 10 heteroatoms. The molecule has 0 unspecified atom stereocenters. The second-order valence-electron chi connectivity index (χ2n) is 7.86. The lowest BCUT2D eigenvalue weighted by molar-refractivity contribution is -0.0389. The van der Waals surface area contributed by atoms with Crippen molar-refractivity contribution in [1.29, 1.82) is 0 Å². The molecule has 1 aromatic carbocycles. The van der Waals surface area contributed by atoms with E-state index in [9.17, 15) is 5.11 Å². The lowest BCUT2D eigenvalue weighted by atomic mass is 9.81. The Morgan fingerprint density at radius 3 is 2.91 bits per heavy atom. The molecule has 1 saturated carbocycles. The van der Waals surface area contributed by atoms with Gasteiger partial charge in [-0.3, -0.25) is 0 Å². The molecule has 1 fully saturated rings. The van der Waals surface area contributed by atoms with Gasteiger partial charge in [0.15, 0.2) is 0 Å². The van der Waals surface area contributed by atoms with E-state index in [1.165, 1.54) is 0 Å². The van der Waals surface area contributed by atoms with E-state index >= 15 is 0 Å². The smallest absolute Gasteiger partial charge is 0.230 e. The maximum absolute atomic E-state index is 10.6. The Balaban J connectivity index is 1.29. The number of aryl methyl sites for hydroxylation is 1. The van der Waals surface area contributed by atoms with Gasteiger partial charge in [0.2, 0.25) is 11.8 Å². The van der Waals surface area contributed by atoms with Gasteiger partial charge in [-0.15, -0.1) is 16.4 Å². The zero-order valence-corrected chi connectivity index (χ0v) is 18.4. The topological polar surface area (TPSA) is 111 Å². The number of nitrogens with zero attached hydrogens (tertiary/aromatic N) is 6. The molecule has 0 radical (unpaired) electrons. The minimum Gasteiger partial charge on any atom is -0.476 e. The van der Waals surface area contributed by atoms with Crippen LogP contribution in [-0.2, 0) is 12.1 Å². The molecule has 1 aliphatic carbocycles. The summed E-state index contributed by atoms with van der Waals surface area (Å²) in [5.74, 6) is 0.935. The highest BCUT2D eigenvalue weighted by molar-refractivity contribution is 7.15. The van der Waals surface area contributed by atoms with E-state index < -0.39 is 5.60 Å². The number of aromatic nitrogens is 6. The van der Waals surface area contributed by atoms with E-state index in [1.54, 1.807) is 40.7 Å². The van der Waals surface area contributed by atoms with Gasteiger partial charge in [0.25, 0.3) is 0 Å². The monoisotopic (exact) mass is 449 g/mol. The number of aliphatic hydroxyl groups is 1. The molecule has 4 aromatic rings. The average Bonchev–Trinajstić information content (AvgIpc) is 3.44. The highest BCUT2D eigenvalue weighted by Gasteiger charge is 2.39. The van der Waals surface area contributed by atoms with E-state index in [0.717, 1.165) is 46.0 Å². The molecular formula is C22H23N7O2S. The predicted octanol–water partition coefficient (Wildman–Crippen LogP) is 3.69. The summed E-state index contributed by atoms with van der Waals surface area (Å²) in [6, 6.07) is 7.90. The molecule has 1 aliphatic rings. The van der Waals surface area contributed by atoms with Crippen LogP contribution in [0.15, 0.2) is 49.1 Å². The van der Waals surface area contributed by atoms with Gasteiger partial charge in [0.1, 0.15) is 17.2 Å². The molecule has 164 valence electrons. The van der Waals surface area contributed by atoms with Gasteiger partial charge in [-0.2, -0.15) is 4.98 Å². The van der Waals surface area contributed by atoms with Gasteiger partial charge in [-0.1, -0.05) is 11.3 Å². The van der Waals surface area contributed by atoms with Crippen molar-refractivity contribution in [3.05, 3.63) is 59.6 Å². The van der Waals surface area contributed by atoms with Crippen molar-refractivity contribution in [1.82, 2.24) is 29.9 Å². The molecule has 3 aromatic heterocycles. The molecule has 0 saturated heterocycles. The Hall–Kier alpha value is -3.37. The maximum atomic E-state index is 10.6. The molecular weight excluding hydrogens is 426 g/mol. The van der Waals surface area contributed by atoms with Crippen molar-refractivity contribution in [2.24, 2.45) is 0 Å². The fourth-order valence-electron chi connectivity index (χ4n) is 3.55. The third-order valence-corrected chi connectivity index (χ3v) is 6.61. The first-order chi connectivity index (χ1) is 15.6. The van der Waals surface area contributed by atoms with Crippen LogP contribution in [0, 0.1) is 6.92 Å². The Morgan fingerprint density at radius 1 is 1.22 bits per heavy atom. The highest BCUT2D eigenvalue weighted by atomic mass is 32.1. The predicted molar refractivity (Wildman–Crippen MR) is 121 cm³/mol. The number of hydrogen-bond donors (Lipinski definition) is 2. The summed E-state index contributed by atoms with van der Waals surface area (Å²) >= 11 is 1.55. The summed E-state index contributed by atoms with van der Waals surface area (Å²) in [6.45, 7) is 3.05. The number of rotatable bonds is 8. The van der Waals surface area contributed by atoms with Gasteiger partial charge in [0.05, 0.1) is 17.6 Å². The minimum atomic E-state index is -0.740. The van der Waals surface area contributed by atoms with Crippen LogP contribution < -0.4 is 10.1 Å². The Kier molecular flexibility index (Phi) is 5.54. The van der Waals surface area contributed by atoms with Crippen LogP contribution in [0.5, 0.6) is 5.88 Å². The number of hydrogen-bond acceptors (Lipinski definition) is 9. The number of benzene rings is 1. The number of anilines is 2. The van der Waals surface area contributed by atoms with Crippen molar-refractivity contribution >= 4 is 23.0 Å². The van der Waals surface area contributed by atoms with Crippen LogP contribution in [0.3, 0.4) is 0 Å². The van der Waals surface area contributed by atoms with Crippen LogP contribution in [-0.4, -0.2) is 41.7 Å². The summed E-state index contributed by atoms with van der Waals surface area (Å²) in [5, 5.41) is 22.3. The summed E-state index contributed by atoms with van der Waals surface area (Å²) in [4.78, 5) is 14.3. The molecule has 0 atom stereocenters. The standard InChI is InChI=1S/C22H23N7O2S/c1-15-11-16(18-14-24-20(32-18)22(30)4-2-5-22)13-17(12-15)26-21-23-6-3-19(27-21)31-10-9-29-8-7-25-28-29/h3,6-8,11-14,30H,2,4-5,9-10H2,1H3,(H,23,26,27). The number of nitrogens with one attached hydrogen (secondary N) is 1. The maximum Gasteiger partial charge on any atom is 0.230 e.